The lowest BCUT2D eigenvalue weighted by Crippen LogP contribution is -2.54. The lowest BCUT2D eigenvalue weighted by atomic mass is 9.79. The summed E-state index contributed by atoms with van der Waals surface area (Å²) >= 11 is 0. The van der Waals surface area contributed by atoms with Crippen LogP contribution in [0.15, 0.2) is 24.3 Å². The average Bonchev–Trinajstić information content (AvgIpc) is 2.54. The number of hydrogen-bond acceptors (Lipinski definition) is 3. The molecule has 1 aliphatic heterocycles. The molecular formula is C18H27N3O2. The van der Waals surface area contributed by atoms with Crippen LogP contribution in [-0.2, 0) is 0 Å². The van der Waals surface area contributed by atoms with Crippen LogP contribution < -0.4 is 11.1 Å². The minimum Gasteiger partial charge on any atom is -0.352 e. The molecular weight excluding hydrogens is 290 g/mol. The molecule has 5 nitrogen and oxygen atoms in total. The smallest absolute Gasteiger partial charge is 0.253 e. The summed E-state index contributed by atoms with van der Waals surface area (Å²) in [4.78, 5) is 26.6. The van der Waals surface area contributed by atoms with Crippen LogP contribution in [0.1, 0.15) is 54.3 Å². The van der Waals surface area contributed by atoms with E-state index in [4.69, 9.17) is 5.73 Å². The molecule has 1 aromatic rings. The Morgan fingerprint density at radius 1 is 1.35 bits per heavy atom. The van der Waals surface area contributed by atoms with Gasteiger partial charge in [-0.1, -0.05) is 26.8 Å². The third-order valence-electron chi connectivity index (χ3n) is 4.51. The fraction of sp³-hybridized carbons (Fsp3) is 0.556. The van der Waals surface area contributed by atoms with E-state index in [1.54, 1.807) is 24.3 Å². The Morgan fingerprint density at radius 3 is 2.70 bits per heavy atom. The molecule has 1 aliphatic rings. The van der Waals surface area contributed by atoms with Crippen molar-refractivity contribution in [3.8, 4) is 0 Å². The highest BCUT2D eigenvalue weighted by Crippen LogP contribution is 2.28. The number of likely N-dealkylation sites (tertiary alicyclic amines) is 1. The maximum atomic E-state index is 12.7. The molecule has 0 aliphatic carbocycles. The predicted octanol–water partition coefficient (Wildman–Crippen LogP) is 2.03. The van der Waals surface area contributed by atoms with Crippen molar-refractivity contribution < 1.29 is 9.59 Å². The second-order valence-corrected chi connectivity index (χ2v) is 6.95. The third kappa shape index (κ3) is 4.10. The van der Waals surface area contributed by atoms with Crippen LogP contribution in [0.5, 0.6) is 0 Å². The number of piperidine rings is 1. The zero-order valence-corrected chi connectivity index (χ0v) is 14.3. The van der Waals surface area contributed by atoms with Gasteiger partial charge in [0.1, 0.15) is 0 Å². The maximum absolute atomic E-state index is 12.7. The monoisotopic (exact) mass is 317 g/mol. The lowest BCUT2D eigenvalue weighted by molar-refractivity contribution is 0.0533. The van der Waals surface area contributed by atoms with Gasteiger partial charge in [0, 0.05) is 36.8 Å². The van der Waals surface area contributed by atoms with Crippen LogP contribution in [0, 0.1) is 5.41 Å². The van der Waals surface area contributed by atoms with E-state index < -0.39 is 0 Å². The third-order valence-corrected chi connectivity index (χ3v) is 4.51. The molecule has 126 valence electrons. The van der Waals surface area contributed by atoms with Crippen molar-refractivity contribution in [1.82, 2.24) is 10.2 Å². The Labute approximate surface area is 138 Å². The van der Waals surface area contributed by atoms with Gasteiger partial charge in [0.15, 0.2) is 0 Å². The van der Waals surface area contributed by atoms with Crippen molar-refractivity contribution in [3.63, 3.8) is 0 Å². The predicted molar refractivity (Wildman–Crippen MR) is 91.3 cm³/mol. The highest BCUT2D eigenvalue weighted by atomic mass is 16.2. The Morgan fingerprint density at radius 2 is 2.04 bits per heavy atom. The van der Waals surface area contributed by atoms with Gasteiger partial charge >= 0.3 is 0 Å². The summed E-state index contributed by atoms with van der Waals surface area (Å²) in [6.07, 6.45) is 1.68. The SMILES string of the molecule is CCCNC(=O)c1cccc(C(=O)N2CCC(N)C(C)(C)C2)c1. The molecule has 1 unspecified atom stereocenters. The summed E-state index contributed by atoms with van der Waals surface area (Å²) in [5, 5.41) is 2.83. The van der Waals surface area contributed by atoms with E-state index in [-0.39, 0.29) is 23.3 Å². The van der Waals surface area contributed by atoms with Gasteiger partial charge in [0.2, 0.25) is 0 Å². The normalized spacial score (nSPS) is 20.2. The largest absolute Gasteiger partial charge is 0.352 e. The van der Waals surface area contributed by atoms with E-state index in [2.05, 4.69) is 19.2 Å². The number of nitrogens with zero attached hydrogens (tertiary/aromatic N) is 1. The molecule has 0 spiro atoms. The zero-order valence-electron chi connectivity index (χ0n) is 14.3. The molecule has 0 saturated carbocycles. The van der Waals surface area contributed by atoms with Crippen molar-refractivity contribution in [2.24, 2.45) is 11.1 Å². The number of amides is 2. The van der Waals surface area contributed by atoms with Crippen LogP contribution >= 0.6 is 0 Å². The molecule has 1 fully saturated rings. The minimum absolute atomic E-state index is 0.0323. The molecule has 2 amide bonds. The van der Waals surface area contributed by atoms with Gasteiger partial charge in [0.05, 0.1) is 0 Å². The lowest BCUT2D eigenvalue weighted by Gasteiger charge is -2.42. The van der Waals surface area contributed by atoms with E-state index in [1.165, 1.54) is 0 Å². The molecule has 0 aromatic heterocycles. The maximum Gasteiger partial charge on any atom is 0.253 e. The Kier molecular flexibility index (Phi) is 5.42. The molecule has 1 saturated heterocycles. The summed E-state index contributed by atoms with van der Waals surface area (Å²) in [6, 6.07) is 7.04. The topological polar surface area (TPSA) is 75.4 Å². The fourth-order valence-electron chi connectivity index (χ4n) is 2.86. The Hall–Kier alpha value is -1.88. The number of nitrogens with one attached hydrogen (secondary N) is 1. The van der Waals surface area contributed by atoms with E-state index >= 15 is 0 Å². The second kappa shape index (κ2) is 7.13. The molecule has 1 atom stereocenters. The quantitative estimate of drug-likeness (QED) is 0.892. The number of benzene rings is 1. The van der Waals surface area contributed by atoms with Crippen molar-refractivity contribution in [2.45, 2.75) is 39.7 Å². The van der Waals surface area contributed by atoms with Crippen LogP contribution in [0.3, 0.4) is 0 Å². The zero-order chi connectivity index (χ0) is 17.0. The van der Waals surface area contributed by atoms with Crippen LogP contribution in [0.4, 0.5) is 0 Å². The Bertz CT molecular complexity index is 583. The Balaban J connectivity index is 2.12. The summed E-state index contributed by atoms with van der Waals surface area (Å²) in [5.41, 5.74) is 7.12. The van der Waals surface area contributed by atoms with Gasteiger partial charge in [-0.3, -0.25) is 9.59 Å². The van der Waals surface area contributed by atoms with Crippen molar-refractivity contribution >= 4 is 11.8 Å². The highest BCUT2D eigenvalue weighted by Gasteiger charge is 2.35. The minimum atomic E-state index is -0.137. The van der Waals surface area contributed by atoms with Gasteiger partial charge in [-0.25, -0.2) is 0 Å². The first-order valence-corrected chi connectivity index (χ1v) is 8.28. The number of nitrogens with two attached hydrogens (primary N) is 1. The molecule has 0 radical (unpaired) electrons. The first-order chi connectivity index (χ1) is 10.8. The number of carbonyl (C=O) groups is 2. The molecule has 3 N–H and O–H groups in total. The first-order valence-electron chi connectivity index (χ1n) is 8.28. The van der Waals surface area contributed by atoms with E-state index in [0.717, 1.165) is 12.8 Å². The summed E-state index contributed by atoms with van der Waals surface area (Å²) < 4.78 is 0. The first kappa shape index (κ1) is 17.5. The van der Waals surface area contributed by atoms with Crippen LogP contribution in [0.2, 0.25) is 0 Å². The van der Waals surface area contributed by atoms with E-state index in [9.17, 15) is 9.59 Å². The van der Waals surface area contributed by atoms with Crippen molar-refractivity contribution in [2.75, 3.05) is 19.6 Å². The van der Waals surface area contributed by atoms with Gasteiger partial charge in [-0.05, 0) is 36.5 Å². The molecule has 2 rings (SSSR count). The number of carbonyl (C=O) groups excluding carboxylic acids is 2. The second-order valence-electron chi connectivity index (χ2n) is 6.95. The molecule has 1 aromatic carbocycles. The summed E-state index contributed by atoms with van der Waals surface area (Å²) in [6.45, 7) is 8.12. The van der Waals surface area contributed by atoms with Crippen LogP contribution in [0.25, 0.3) is 0 Å². The molecule has 1 heterocycles. The number of hydrogen-bond donors (Lipinski definition) is 2. The number of rotatable bonds is 4. The van der Waals surface area contributed by atoms with Crippen molar-refractivity contribution in [1.29, 1.82) is 0 Å². The van der Waals surface area contributed by atoms with E-state index in [1.807, 2.05) is 11.8 Å². The fourth-order valence-corrected chi connectivity index (χ4v) is 2.86. The van der Waals surface area contributed by atoms with E-state index in [0.29, 0.717) is 30.8 Å². The summed E-state index contributed by atoms with van der Waals surface area (Å²) in [7, 11) is 0. The molecule has 0 bridgehead atoms. The molecule has 5 heteroatoms. The summed E-state index contributed by atoms with van der Waals surface area (Å²) in [5.74, 6) is -0.169. The standard InChI is InChI=1S/C18H27N3O2/c1-4-9-20-16(22)13-6-5-7-14(11-13)17(23)21-10-8-15(19)18(2,3)12-21/h5-7,11,15H,4,8-10,12,19H2,1-3H3,(H,20,22). The van der Waals surface area contributed by atoms with Gasteiger partial charge in [-0.2, -0.15) is 0 Å². The highest BCUT2D eigenvalue weighted by molar-refractivity contribution is 5.99. The van der Waals surface area contributed by atoms with Gasteiger partial charge < -0.3 is 16.0 Å². The molecule has 23 heavy (non-hydrogen) atoms. The average molecular weight is 317 g/mol. The van der Waals surface area contributed by atoms with Gasteiger partial charge in [-0.15, -0.1) is 0 Å². The van der Waals surface area contributed by atoms with Crippen molar-refractivity contribution in [3.05, 3.63) is 35.4 Å². The van der Waals surface area contributed by atoms with Gasteiger partial charge in [0.25, 0.3) is 11.8 Å². The van der Waals surface area contributed by atoms with Crippen LogP contribution in [-0.4, -0.2) is 42.4 Å².